The van der Waals surface area contributed by atoms with Gasteiger partial charge in [-0.3, -0.25) is 9.59 Å². The Morgan fingerprint density at radius 1 is 1.11 bits per heavy atom. The fraction of sp³-hybridized carbons (Fsp3) is 0.556. The summed E-state index contributed by atoms with van der Waals surface area (Å²) in [7, 11) is -2.47. The Morgan fingerprint density at radius 3 is 2.19 bits per heavy atom. The van der Waals surface area contributed by atoms with Crippen molar-refractivity contribution < 1.29 is 27.5 Å². The van der Waals surface area contributed by atoms with Crippen molar-refractivity contribution in [2.24, 2.45) is 5.92 Å². The first-order chi connectivity index (χ1) is 12.6. The number of ether oxygens (including phenoxy) is 2. The first-order valence-corrected chi connectivity index (χ1v) is 10.2. The van der Waals surface area contributed by atoms with E-state index in [2.05, 4.69) is 10.0 Å². The van der Waals surface area contributed by atoms with Crippen LogP contribution in [0.5, 0.6) is 5.75 Å². The fourth-order valence-electron chi connectivity index (χ4n) is 2.30. The van der Waals surface area contributed by atoms with Gasteiger partial charge in [0.15, 0.2) is 6.10 Å². The first kappa shape index (κ1) is 22.9. The van der Waals surface area contributed by atoms with Crippen LogP contribution in [0.3, 0.4) is 0 Å². The molecule has 152 valence electrons. The van der Waals surface area contributed by atoms with Gasteiger partial charge >= 0.3 is 5.97 Å². The average molecular weight is 400 g/mol. The summed E-state index contributed by atoms with van der Waals surface area (Å²) in [6, 6.07) is 4.70. The molecule has 2 atom stereocenters. The normalized spacial score (nSPS) is 13.7. The number of methoxy groups -OCH3 is 1. The van der Waals surface area contributed by atoms with Crippen molar-refractivity contribution in [1.82, 2.24) is 10.0 Å². The van der Waals surface area contributed by atoms with Crippen molar-refractivity contribution >= 4 is 21.9 Å². The zero-order chi connectivity index (χ0) is 20.6. The van der Waals surface area contributed by atoms with Crippen molar-refractivity contribution in [1.29, 1.82) is 0 Å². The summed E-state index contributed by atoms with van der Waals surface area (Å²) < 4.78 is 37.8. The van der Waals surface area contributed by atoms with Crippen LogP contribution in [-0.4, -0.2) is 46.1 Å². The number of nitrogens with one attached hydrogen (secondary N) is 2. The molecule has 0 unspecified atom stereocenters. The molecule has 0 radical (unpaired) electrons. The molecule has 0 aliphatic carbocycles. The highest BCUT2D eigenvalue weighted by atomic mass is 32.2. The van der Waals surface area contributed by atoms with Crippen molar-refractivity contribution in [2.45, 2.75) is 51.2 Å². The molecule has 0 fully saturated rings. The third-order valence-electron chi connectivity index (χ3n) is 3.67. The highest BCUT2D eigenvalue weighted by Gasteiger charge is 2.30. The minimum absolute atomic E-state index is 0.00151. The molecule has 0 bridgehead atoms. The number of likely N-dealkylation sites (N-methyl/N-ethyl adjacent to an activating group) is 1. The van der Waals surface area contributed by atoms with Crippen molar-refractivity contribution in [3.8, 4) is 5.75 Å². The molecule has 0 aliphatic rings. The molecule has 2 N–H and O–H groups in total. The lowest BCUT2D eigenvalue weighted by Gasteiger charge is -2.21. The van der Waals surface area contributed by atoms with Crippen LogP contribution in [0.1, 0.15) is 34.1 Å². The lowest BCUT2D eigenvalue weighted by molar-refractivity contribution is -0.156. The number of rotatable bonds is 10. The van der Waals surface area contributed by atoms with Crippen LogP contribution in [0.15, 0.2) is 29.2 Å². The van der Waals surface area contributed by atoms with Gasteiger partial charge in [0, 0.05) is 6.54 Å². The second-order valence-corrected chi connectivity index (χ2v) is 8.17. The number of carbonyl (C=O) groups excluding carboxylic acids is 2. The van der Waals surface area contributed by atoms with E-state index in [1.165, 1.54) is 38.3 Å². The van der Waals surface area contributed by atoms with Crippen LogP contribution in [-0.2, 0) is 24.3 Å². The van der Waals surface area contributed by atoms with Gasteiger partial charge in [-0.2, -0.15) is 4.72 Å². The van der Waals surface area contributed by atoms with E-state index in [1.54, 1.807) is 6.92 Å². The van der Waals surface area contributed by atoms with Gasteiger partial charge in [-0.05, 0) is 50.5 Å². The van der Waals surface area contributed by atoms with Crippen molar-refractivity contribution in [3.05, 3.63) is 24.3 Å². The maximum absolute atomic E-state index is 12.6. The molecule has 8 nitrogen and oxygen atoms in total. The van der Waals surface area contributed by atoms with Gasteiger partial charge in [-0.1, -0.05) is 13.8 Å². The summed E-state index contributed by atoms with van der Waals surface area (Å²) >= 11 is 0. The molecule has 0 spiro atoms. The van der Waals surface area contributed by atoms with E-state index in [4.69, 9.17) is 9.47 Å². The predicted octanol–water partition coefficient (Wildman–Crippen LogP) is 1.46. The molecule has 0 saturated heterocycles. The van der Waals surface area contributed by atoms with E-state index >= 15 is 0 Å². The van der Waals surface area contributed by atoms with Crippen LogP contribution >= 0.6 is 0 Å². The molecule has 1 rings (SSSR count). The molecule has 0 aromatic heterocycles. The quantitative estimate of drug-likeness (QED) is 0.575. The maximum atomic E-state index is 12.6. The monoisotopic (exact) mass is 400 g/mol. The van der Waals surface area contributed by atoms with E-state index in [1.807, 2.05) is 13.8 Å². The molecule has 9 heteroatoms. The molecular formula is C18H28N2O6S. The van der Waals surface area contributed by atoms with Gasteiger partial charge in [0.1, 0.15) is 11.8 Å². The summed E-state index contributed by atoms with van der Waals surface area (Å²) in [5.41, 5.74) is 0. The highest BCUT2D eigenvalue weighted by Crippen LogP contribution is 2.17. The Kier molecular flexibility index (Phi) is 8.71. The average Bonchev–Trinajstić information content (AvgIpc) is 2.60. The first-order valence-electron chi connectivity index (χ1n) is 8.75. The Balaban J connectivity index is 2.94. The molecule has 1 aromatic rings. The van der Waals surface area contributed by atoms with Gasteiger partial charge in [-0.15, -0.1) is 0 Å². The van der Waals surface area contributed by atoms with Crippen LogP contribution in [0.2, 0.25) is 0 Å². The lowest BCUT2D eigenvalue weighted by atomic mass is 10.0. The predicted molar refractivity (Wildman–Crippen MR) is 101 cm³/mol. The number of hydrogen-bond donors (Lipinski definition) is 2. The summed E-state index contributed by atoms with van der Waals surface area (Å²) in [5, 5.41) is 2.55. The van der Waals surface area contributed by atoms with Gasteiger partial charge < -0.3 is 14.8 Å². The third kappa shape index (κ3) is 7.18. The van der Waals surface area contributed by atoms with E-state index in [0.29, 0.717) is 12.3 Å². The number of sulfonamides is 1. The zero-order valence-electron chi connectivity index (χ0n) is 16.3. The Bertz CT molecular complexity index is 731. The minimum Gasteiger partial charge on any atom is -0.497 e. The maximum Gasteiger partial charge on any atom is 0.324 e. The largest absolute Gasteiger partial charge is 0.497 e. The van der Waals surface area contributed by atoms with Crippen LogP contribution in [0.4, 0.5) is 0 Å². The number of hydrogen-bond acceptors (Lipinski definition) is 6. The molecule has 1 amide bonds. The van der Waals surface area contributed by atoms with E-state index in [0.717, 1.165) is 0 Å². The number of esters is 1. The minimum atomic E-state index is -3.95. The van der Waals surface area contributed by atoms with Gasteiger partial charge in [0.05, 0.1) is 12.0 Å². The number of carbonyl (C=O) groups is 2. The summed E-state index contributed by atoms with van der Waals surface area (Å²) in [4.78, 5) is 24.2. The Morgan fingerprint density at radius 2 is 1.70 bits per heavy atom. The molecule has 0 aliphatic heterocycles. The molecular weight excluding hydrogens is 372 g/mol. The van der Waals surface area contributed by atoms with Crippen molar-refractivity contribution in [2.75, 3.05) is 13.7 Å². The summed E-state index contributed by atoms with van der Waals surface area (Å²) in [6.07, 6.45) is -0.784. The highest BCUT2D eigenvalue weighted by molar-refractivity contribution is 7.89. The topological polar surface area (TPSA) is 111 Å². The summed E-state index contributed by atoms with van der Waals surface area (Å²) in [6.45, 7) is 7.30. The molecule has 1 aromatic carbocycles. The van der Waals surface area contributed by atoms with Crippen LogP contribution in [0, 0.1) is 5.92 Å². The van der Waals surface area contributed by atoms with Gasteiger partial charge in [-0.25, -0.2) is 8.42 Å². The second kappa shape index (κ2) is 10.3. The number of amides is 1. The number of benzene rings is 1. The van der Waals surface area contributed by atoms with E-state index in [9.17, 15) is 18.0 Å². The Labute approximate surface area is 160 Å². The second-order valence-electron chi connectivity index (χ2n) is 6.45. The van der Waals surface area contributed by atoms with Crippen LogP contribution < -0.4 is 14.8 Å². The van der Waals surface area contributed by atoms with E-state index in [-0.39, 0.29) is 17.2 Å². The lowest BCUT2D eigenvalue weighted by Crippen LogP contribution is -2.45. The smallest absolute Gasteiger partial charge is 0.324 e. The molecule has 27 heavy (non-hydrogen) atoms. The SMILES string of the molecule is CCNC(=O)[C@@H](C)OC(=O)[C@H](CC(C)C)NS(=O)(=O)c1ccc(OC)cc1. The van der Waals surface area contributed by atoms with Gasteiger partial charge in [0.25, 0.3) is 5.91 Å². The van der Waals surface area contributed by atoms with Gasteiger partial charge in [0.2, 0.25) is 10.0 Å². The fourth-order valence-corrected chi connectivity index (χ4v) is 3.50. The third-order valence-corrected chi connectivity index (χ3v) is 5.16. The summed E-state index contributed by atoms with van der Waals surface area (Å²) in [5.74, 6) is -0.685. The Hall–Kier alpha value is -2.13. The molecule has 0 heterocycles. The van der Waals surface area contributed by atoms with Crippen LogP contribution in [0.25, 0.3) is 0 Å². The zero-order valence-corrected chi connectivity index (χ0v) is 17.1. The van der Waals surface area contributed by atoms with E-state index < -0.39 is 34.0 Å². The van der Waals surface area contributed by atoms with Crippen molar-refractivity contribution in [3.63, 3.8) is 0 Å². The molecule has 0 saturated carbocycles. The standard InChI is InChI=1S/C18H28N2O6S/c1-6-19-17(21)13(4)26-18(22)16(11-12(2)3)20-27(23,24)15-9-7-14(25-5)8-10-15/h7-10,12-13,16,20H,6,11H2,1-5H3,(H,19,21)/t13-,16+/m1/s1.